The molecule has 0 amide bonds. The molecule has 0 aliphatic carbocycles. The van der Waals surface area contributed by atoms with Crippen LogP contribution >= 0.6 is 0 Å². The molecule has 0 unspecified atom stereocenters. The number of pyridine rings is 1. The number of hydrogen-bond donors (Lipinski definition) is 1. The molecule has 2 aromatic heterocycles. The lowest BCUT2D eigenvalue weighted by Gasteiger charge is -2.32. The zero-order chi connectivity index (χ0) is 21.9. The first kappa shape index (κ1) is 20.9. The summed E-state index contributed by atoms with van der Waals surface area (Å²) in [7, 11) is -4.54. The number of H-pyrrole nitrogens is 1. The highest BCUT2D eigenvalue weighted by molar-refractivity contribution is 7.89. The number of fused-ring (bicyclic) bond motifs is 1. The average molecular weight is 428 g/mol. The van der Waals surface area contributed by atoms with E-state index in [9.17, 15) is 13.2 Å². The van der Waals surface area contributed by atoms with Crippen molar-refractivity contribution in [2.45, 2.75) is 51.6 Å². The number of nitrogens with one attached hydrogen (secondary N) is 1. The molecule has 3 heterocycles. The Morgan fingerprint density at radius 3 is 2.27 bits per heavy atom. The Morgan fingerprint density at radius 2 is 1.67 bits per heavy atom. The second kappa shape index (κ2) is 6.83. The van der Waals surface area contributed by atoms with Gasteiger partial charge in [0.1, 0.15) is 5.52 Å². The van der Waals surface area contributed by atoms with Crippen LogP contribution in [0.15, 0.2) is 47.4 Å². The van der Waals surface area contributed by atoms with Gasteiger partial charge in [-0.3, -0.25) is 4.79 Å². The summed E-state index contributed by atoms with van der Waals surface area (Å²) in [6.45, 7) is 9.44. The van der Waals surface area contributed by atoms with E-state index in [2.05, 4.69) is 4.98 Å². The van der Waals surface area contributed by atoms with Crippen LogP contribution in [0.25, 0.3) is 10.9 Å². The maximum absolute atomic E-state index is 13.2. The number of rotatable bonds is 4. The molecular weight excluding hydrogens is 403 g/mol. The van der Waals surface area contributed by atoms with E-state index in [1.54, 1.807) is 43.5 Å². The number of aromatic nitrogens is 2. The van der Waals surface area contributed by atoms with Crippen LogP contribution in [0.4, 0.5) is 0 Å². The van der Waals surface area contributed by atoms with E-state index in [1.807, 2.05) is 33.8 Å². The van der Waals surface area contributed by atoms with Gasteiger partial charge in [-0.2, -0.15) is 0 Å². The zero-order valence-corrected chi connectivity index (χ0v) is 18.5. The standard InChI is InChI=1S/C21H25BN2O5S/c1-14-11-16-17(22-28-20(2,3)21(4,5)29-22)12-23-19(25)18(16)24(14)30(26,27)13-15-9-7-6-8-10-15/h6-12H,13H2,1-5H3,(H,23,25). The van der Waals surface area contributed by atoms with Gasteiger partial charge in [0.05, 0.1) is 17.0 Å². The molecule has 3 aromatic rings. The van der Waals surface area contributed by atoms with Crippen molar-refractivity contribution >= 4 is 33.5 Å². The lowest BCUT2D eigenvalue weighted by atomic mass is 9.78. The predicted molar refractivity (Wildman–Crippen MR) is 117 cm³/mol. The van der Waals surface area contributed by atoms with Crippen molar-refractivity contribution in [3.05, 3.63) is 64.2 Å². The van der Waals surface area contributed by atoms with Crippen LogP contribution in [-0.2, 0) is 25.1 Å². The number of aryl methyl sites for hydroxylation is 1. The summed E-state index contributed by atoms with van der Waals surface area (Å²) in [5, 5.41) is 0.506. The Hall–Kier alpha value is -2.36. The van der Waals surface area contributed by atoms with Gasteiger partial charge in [0.25, 0.3) is 5.56 Å². The Kier molecular flexibility index (Phi) is 4.76. The lowest BCUT2D eigenvalue weighted by molar-refractivity contribution is 0.00578. The summed E-state index contributed by atoms with van der Waals surface area (Å²) >= 11 is 0. The van der Waals surface area contributed by atoms with Gasteiger partial charge in [0.2, 0.25) is 10.0 Å². The molecule has 7 nitrogen and oxygen atoms in total. The molecule has 0 saturated carbocycles. The van der Waals surface area contributed by atoms with E-state index in [1.165, 1.54) is 0 Å². The first-order valence-electron chi connectivity index (χ1n) is 9.79. The van der Waals surface area contributed by atoms with Crippen molar-refractivity contribution in [3.63, 3.8) is 0 Å². The Morgan fingerprint density at radius 1 is 1.07 bits per heavy atom. The van der Waals surface area contributed by atoms with Crippen LogP contribution in [0.5, 0.6) is 0 Å². The number of nitrogens with zero attached hydrogens (tertiary/aromatic N) is 1. The quantitative estimate of drug-likeness (QED) is 0.645. The van der Waals surface area contributed by atoms with Gasteiger partial charge in [0, 0.05) is 22.7 Å². The van der Waals surface area contributed by atoms with Crippen molar-refractivity contribution in [3.8, 4) is 0 Å². The number of benzene rings is 1. The van der Waals surface area contributed by atoms with Gasteiger partial charge < -0.3 is 14.3 Å². The normalized spacial score (nSPS) is 18.2. The van der Waals surface area contributed by atoms with E-state index in [0.717, 1.165) is 3.97 Å². The average Bonchev–Trinajstić information content (AvgIpc) is 3.09. The largest absolute Gasteiger partial charge is 0.497 e. The third-order valence-electron chi connectivity index (χ3n) is 5.99. The zero-order valence-electron chi connectivity index (χ0n) is 17.7. The summed E-state index contributed by atoms with van der Waals surface area (Å²) in [5.74, 6) is -0.210. The molecular formula is C21H25BN2O5S. The smallest absolute Gasteiger partial charge is 0.399 e. The minimum Gasteiger partial charge on any atom is -0.399 e. The molecule has 1 aromatic carbocycles. The molecule has 1 N–H and O–H groups in total. The predicted octanol–water partition coefficient (Wildman–Crippen LogP) is 2.32. The van der Waals surface area contributed by atoms with Gasteiger partial charge in [-0.05, 0) is 46.2 Å². The van der Waals surface area contributed by atoms with Crippen LogP contribution in [0.1, 0.15) is 39.0 Å². The highest BCUT2D eigenvalue weighted by Crippen LogP contribution is 2.37. The molecule has 0 bridgehead atoms. The molecule has 0 spiro atoms. The fourth-order valence-electron chi connectivity index (χ4n) is 3.72. The van der Waals surface area contributed by atoms with Gasteiger partial charge in [0.15, 0.2) is 0 Å². The van der Waals surface area contributed by atoms with E-state index in [0.29, 0.717) is 22.1 Å². The Balaban J connectivity index is 1.86. The van der Waals surface area contributed by atoms with Crippen molar-refractivity contribution in [2.24, 2.45) is 0 Å². The highest BCUT2D eigenvalue weighted by Gasteiger charge is 2.52. The maximum Gasteiger partial charge on any atom is 0.497 e. The number of aromatic amines is 1. The summed E-state index contributed by atoms with van der Waals surface area (Å²) in [5.41, 5.74) is 0.187. The van der Waals surface area contributed by atoms with Crippen LogP contribution in [0.2, 0.25) is 0 Å². The first-order chi connectivity index (χ1) is 13.9. The SMILES string of the molecule is Cc1cc2c(B3OC(C)(C)C(C)(C)O3)c[nH]c(=O)c2n1S(=O)(=O)Cc1ccccc1. The highest BCUT2D eigenvalue weighted by atomic mass is 32.2. The van der Waals surface area contributed by atoms with Crippen LogP contribution < -0.4 is 11.0 Å². The third-order valence-corrected chi connectivity index (χ3v) is 7.72. The maximum atomic E-state index is 13.2. The Labute approximate surface area is 176 Å². The van der Waals surface area contributed by atoms with Crippen molar-refractivity contribution in [1.82, 2.24) is 8.96 Å². The van der Waals surface area contributed by atoms with E-state index in [-0.39, 0.29) is 11.3 Å². The second-order valence-corrected chi connectivity index (χ2v) is 10.5. The number of hydrogen-bond acceptors (Lipinski definition) is 5. The third kappa shape index (κ3) is 3.31. The summed E-state index contributed by atoms with van der Waals surface area (Å²) in [6.07, 6.45) is 1.54. The summed E-state index contributed by atoms with van der Waals surface area (Å²) < 4.78 is 39.9. The summed E-state index contributed by atoms with van der Waals surface area (Å²) in [4.78, 5) is 15.4. The fourth-order valence-corrected chi connectivity index (χ4v) is 5.41. The second-order valence-electron chi connectivity index (χ2n) is 8.72. The topological polar surface area (TPSA) is 90.4 Å². The van der Waals surface area contributed by atoms with Gasteiger partial charge in [-0.25, -0.2) is 12.4 Å². The molecule has 1 saturated heterocycles. The molecule has 0 atom stereocenters. The summed E-state index contributed by atoms with van der Waals surface area (Å²) in [6, 6.07) is 10.6. The Bertz CT molecular complexity index is 1260. The molecule has 9 heteroatoms. The monoisotopic (exact) mass is 428 g/mol. The van der Waals surface area contributed by atoms with Crippen molar-refractivity contribution in [2.75, 3.05) is 0 Å². The van der Waals surface area contributed by atoms with Crippen LogP contribution in [0, 0.1) is 6.92 Å². The fraction of sp³-hybridized carbons (Fsp3) is 0.381. The minimum absolute atomic E-state index is 0.0793. The van der Waals surface area contributed by atoms with Crippen LogP contribution in [-0.4, -0.2) is 35.7 Å². The lowest BCUT2D eigenvalue weighted by Crippen LogP contribution is -2.41. The molecule has 1 fully saturated rings. The van der Waals surface area contributed by atoms with Crippen molar-refractivity contribution < 1.29 is 17.7 Å². The minimum atomic E-state index is -3.82. The molecule has 1 aliphatic heterocycles. The van der Waals surface area contributed by atoms with Crippen molar-refractivity contribution in [1.29, 1.82) is 0 Å². The van der Waals surface area contributed by atoms with E-state index in [4.69, 9.17) is 9.31 Å². The molecule has 4 rings (SSSR count). The molecule has 158 valence electrons. The molecule has 0 radical (unpaired) electrons. The van der Waals surface area contributed by atoms with Crippen LogP contribution in [0.3, 0.4) is 0 Å². The van der Waals surface area contributed by atoms with Gasteiger partial charge in [-0.1, -0.05) is 30.3 Å². The van der Waals surface area contributed by atoms with E-state index >= 15 is 0 Å². The molecule has 1 aliphatic rings. The first-order valence-corrected chi connectivity index (χ1v) is 11.4. The molecule has 30 heavy (non-hydrogen) atoms. The van der Waals surface area contributed by atoms with E-state index < -0.39 is 33.9 Å². The van der Waals surface area contributed by atoms with Gasteiger partial charge in [-0.15, -0.1) is 0 Å². The van der Waals surface area contributed by atoms with Gasteiger partial charge >= 0.3 is 7.12 Å².